The van der Waals surface area contributed by atoms with E-state index in [9.17, 15) is 0 Å². The maximum atomic E-state index is 4.68. The van der Waals surface area contributed by atoms with E-state index in [-0.39, 0.29) is 4.08 Å². The van der Waals surface area contributed by atoms with E-state index in [2.05, 4.69) is 90.1 Å². The molecule has 3 aromatic carbocycles. The number of fused-ring (bicyclic) bond motifs is 1. The number of para-hydroxylation sites is 1. The van der Waals surface area contributed by atoms with Crippen LogP contribution in [0.3, 0.4) is 0 Å². The molecule has 0 amide bonds. The topological polar surface area (TPSA) is 12.4 Å². The summed E-state index contributed by atoms with van der Waals surface area (Å²) in [6.07, 6.45) is 2.09. The largest absolute Gasteiger partial charge is 0.258 e. The van der Waals surface area contributed by atoms with Crippen LogP contribution in [-0.2, 0) is 4.08 Å². The van der Waals surface area contributed by atoms with Crippen molar-refractivity contribution >= 4 is 35.4 Å². The lowest BCUT2D eigenvalue weighted by Gasteiger charge is -2.26. The Bertz CT molecular complexity index is 787. The van der Waals surface area contributed by atoms with Crippen LogP contribution in [0.1, 0.15) is 5.56 Å². The summed E-state index contributed by atoms with van der Waals surface area (Å²) in [5.74, 6) is 0. The highest BCUT2D eigenvalue weighted by Gasteiger charge is 2.38. The maximum absolute atomic E-state index is 4.68. The third-order valence-corrected chi connectivity index (χ3v) is 6.45. The van der Waals surface area contributed by atoms with Crippen molar-refractivity contribution in [1.29, 1.82) is 0 Å². The lowest BCUT2D eigenvalue weighted by molar-refractivity contribution is 1.25. The molecule has 4 rings (SSSR count). The third kappa shape index (κ3) is 2.94. The van der Waals surface area contributed by atoms with Crippen molar-refractivity contribution in [3.63, 3.8) is 0 Å². The van der Waals surface area contributed by atoms with Crippen molar-refractivity contribution in [1.82, 2.24) is 0 Å². The van der Waals surface area contributed by atoms with E-state index in [1.54, 1.807) is 0 Å². The van der Waals surface area contributed by atoms with Gasteiger partial charge in [0.2, 0.25) is 0 Å². The molecule has 1 heterocycles. The van der Waals surface area contributed by atoms with E-state index in [4.69, 9.17) is 0 Å². The first-order valence-electron chi connectivity index (χ1n) is 7.49. The summed E-state index contributed by atoms with van der Waals surface area (Å²) in [5, 5.41) is 0. The fraction of sp³-hybridized carbons (Fsp3) is 0.0500. The van der Waals surface area contributed by atoms with Gasteiger partial charge in [-0.3, -0.25) is 4.99 Å². The SMILES string of the molecule is C1=Nc2ccccc2C1(Sc1ccccc1)Sc1ccccc1. The van der Waals surface area contributed by atoms with E-state index >= 15 is 0 Å². The Morgan fingerprint density at radius 3 is 1.74 bits per heavy atom. The Balaban J connectivity index is 1.77. The van der Waals surface area contributed by atoms with Crippen LogP contribution in [0.15, 0.2) is 99.7 Å². The van der Waals surface area contributed by atoms with Gasteiger partial charge < -0.3 is 0 Å². The van der Waals surface area contributed by atoms with Gasteiger partial charge in [-0.15, -0.1) is 0 Å². The molecule has 0 spiro atoms. The van der Waals surface area contributed by atoms with Crippen LogP contribution < -0.4 is 0 Å². The monoisotopic (exact) mass is 333 g/mol. The molecule has 3 aromatic rings. The van der Waals surface area contributed by atoms with Crippen LogP contribution in [0.25, 0.3) is 0 Å². The molecule has 0 fully saturated rings. The lowest BCUT2D eigenvalue weighted by atomic mass is 10.1. The Kier molecular flexibility index (Phi) is 3.98. The number of aliphatic imine (C=N–C) groups is 1. The highest BCUT2D eigenvalue weighted by atomic mass is 32.2. The Morgan fingerprint density at radius 1 is 0.609 bits per heavy atom. The zero-order valence-corrected chi connectivity index (χ0v) is 14.1. The molecule has 0 saturated carbocycles. The molecule has 0 atom stereocenters. The zero-order valence-electron chi connectivity index (χ0n) is 12.4. The van der Waals surface area contributed by atoms with Crippen LogP contribution in [0.5, 0.6) is 0 Å². The quantitative estimate of drug-likeness (QED) is 0.532. The molecule has 1 nitrogen and oxygen atoms in total. The second-order valence-electron chi connectivity index (χ2n) is 5.27. The van der Waals surface area contributed by atoms with E-state index in [0.717, 1.165) is 5.69 Å². The normalized spacial score (nSPS) is 14.6. The predicted molar refractivity (Wildman–Crippen MR) is 101 cm³/mol. The third-order valence-electron chi connectivity index (χ3n) is 3.68. The van der Waals surface area contributed by atoms with Gasteiger partial charge >= 0.3 is 0 Å². The van der Waals surface area contributed by atoms with Crippen molar-refractivity contribution in [3.8, 4) is 0 Å². The van der Waals surface area contributed by atoms with Gasteiger partial charge in [0.25, 0.3) is 0 Å². The first-order chi connectivity index (χ1) is 11.4. The van der Waals surface area contributed by atoms with Gasteiger partial charge in [0.15, 0.2) is 0 Å². The molecule has 0 aromatic heterocycles. The first-order valence-corrected chi connectivity index (χ1v) is 9.12. The fourth-order valence-corrected chi connectivity index (χ4v) is 5.42. The summed E-state index contributed by atoms with van der Waals surface area (Å²) in [6, 6.07) is 29.5. The summed E-state index contributed by atoms with van der Waals surface area (Å²) in [5.41, 5.74) is 2.34. The Hall–Kier alpha value is -1.97. The molecular formula is C20H15NS2. The van der Waals surface area contributed by atoms with Crippen molar-refractivity contribution in [2.24, 2.45) is 4.99 Å². The summed E-state index contributed by atoms with van der Waals surface area (Å²) >= 11 is 3.70. The summed E-state index contributed by atoms with van der Waals surface area (Å²) in [6.45, 7) is 0. The van der Waals surface area contributed by atoms with Gasteiger partial charge in [-0.05, 0) is 30.3 Å². The molecule has 23 heavy (non-hydrogen) atoms. The molecule has 1 aliphatic rings. The summed E-state index contributed by atoms with van der Waals surface area (Å²) in [4.78, 5) is 7.18. The van der Waals surface area contributed by atoms with Crippen molar-refractivity contribution in [2.75, 3.05) is 0 Å². The van der Waals surface area contributed by atoms with Gasteiger partial charge in [-0.2, -0.15) is 0 Å². The van der Waals surface area contributed by atoms with Gasteiger partial charge in [0.05, 0.1) is 5.69 Å². The molecule has 0 radical (unpaired) electrons. The van der Waals surface area contributed by atoms with Gasteiger partial charge in [-0.25, -0.2) is 0 Å². The summed E-state index contributed by atoms with van der Waals surface area (Å²) in [7, 11) is 0. The number of rotatable bonds is 4. The predicted octanol–water partition coefficient (Wildman–Crippen LogP) is 6.14. The van der Waals surface area contributed by atoms with E-state index in [1.807, 2.05) is 29.6 Å². The van der Waals surface area contributed by atoms with Crippen molar-refractivity contribution in [2.45, 2.75) is 13.9 Å². The molecule has 1 aliphatic heterocycles. The highest BCUT2D eigenvalue weighted by molar-refractivity contribution is 8.18. The minimum atomic E-state index is -0.223. The molecule has 0 saturated heterocycles. The van der Waals surface area contributed by atoms with E-state index < -0.39 is 0 Å². The molecule has 0 N–H and O–H groups in total. The summed E-state index contributed by atoms with van der Waals surface area (Å²) < 4.78 is -0.223. The average molecular weight is 333 g/mol. The molecule has 0 unspecified atom stereocenters. The van der Waals surface area contributed by atoms with E-state index in [0.29, 0.717) is 0 Å². The minimum absolute atomic E-state index is 0.223. The van der Waals surface area contributed by atoms with Gasteiger partial charge in [0, 0.05) is 21.6 Å². The first kappa shape index (κ1) is 14.6. The molecule has 0 bridgehead atoms. The zero-order chi connectivity index (χ0) is 15.5. The van der Waals surface area contributed by atoms with Crippen LogP contribution in [0.2, 0.25) is 0 Å². The average Bonchev–Trinajstić information content (AvgIpc) is 2.96. The molecule has 3 heteroatoms. The van der Waals surface area contributed by atoms with E-state index in [1.165, 1.54) is 15.4 Å². The highest BCUT2D eigenvalue weighted by Crippen LogP contribution is 2.56. The Labute approximate surface area is 144 Å². The lowest BCUT2D eigenvalue weighted by Crippen LogP contribution is -2.16. The van der Waals surface area contributed by atoms with Gasteiger partial charge in [0.1, 0.15) is 4.08 Å². The number of thioether (sulfide) groups is 2. The standard InChI is InChI=1S/C20H15NS2/c1-3-9-16(10-4-1)22-20(23-17-11-5-2-6-12-17)15-21-19-14-8-7-13-18(19)20/h1-15H. The number of hydrogen-bond acceptors (Lipinski definition) is 3. The number of nitrogens with zero attached hydrogens (tertiary/aromatic N) is 1. The molecule has 0 aliphatic carbocycles. The molecular weight excluding hydrogens is 318 g/mol. The van der Waals surface area contributed by atoms with Crippen LogP contribution in [0.4, 0.5) is 5.69 Å². The maximum Gasteiger partial charge on any atom is 0.132 e. The number of hydrogen-bond donors (Lipinski definition) is 0. The van der Waals surface area contributed by atoms with Crippen molar-refractivity contribution < 1.29 is 0 Å². The second-order valence-corrected chi connectivity index (χ2v) is 8.17. The van der Waals surface area contributed by atoms with Crippen molar-refractivity contribution in [3.05, 3.63) is 90.5 Å². The van der Waals surface area contributed by atoms with Gasteiger partial charge in [-0.1, -0.05) is 78.1 Å². The number of benzene rings is 3. The van der Waals surface area contributed by atoms with Crippen LogP contribution >= 0.6 is 23.5 Å². The smallest absolute Gasteiger partial charge is 0.132 e. The second kappa shape index (κ2) is 6.26. The van der Waals surface area contributed by atoms with Crippen LogP contribution in [-0.4, -0.2) is 6.21 Å². The van der Waals surface area contributed by atoms with Crippen LogP contribution in [0, 0.1) is 0 Å². The fourth-order valence-electron chi connectivity index (χ4n) is 2.62. The molecule has 112 valence electrons. The Morgan fingerprint density at radius 2 is 1.13 bits per heavy atom. The minimum Gasteiger partial charge on any atom is -0.258 e.